The van der Waals surface area contributed by atoms with E-state index < -0.39 is 16.4 Å². The van der Waals surface area contributed by atoms with Crippen LogP contribution >= 0.6 is 0 Å². The number of hydrogen-bond acceptors (Lipinski definition) is 5. The monoisotopic (exact) mass is 273 g/mol. The van der Waals surface area contributed by atoms with Crippen LogP contribution in [-0.4, -0.2) is 9.91 Å². The normalized spacial score (nSPS) is 9.85. The molecule has 0 N–H and O–H groups in total. The molecule has 7 heteroatoms. The second-order valence-corrected chi connectivity index (χ2v) is 3.89. The second-order valence-electron chi connectivity index (χ2n) is 3.89. The van der Waals surface area contributed by atoms with Crippen LogP contribution < -0.4 is 4.74 Å². The number of pyridine rings is 1. The minimum Gasteiger partial charge on any atom is -0.434 e. The van der Waals surface area contributed by atoms with Crippen molar-refractivity contribution in [3.05, 3.63) is 57.5 Å². The molecule has 0 amide bonds. The lowest BCUT2D eigenvalue weighted by molar-refractivity contribution is -0.386. The molecule has 0 aliphatic rings. The molecule has 0 saturated heterocycles. The maximum absolute atomic E-state index is 13.4. The molecular formula is C13H8FN3O3. The molecule has 0 aliphatic heterocycles. The van der Waals surface area contributed by atoms with E-state index in [2.05, 4.69) is 4.98 Å². The highest BCUT2D eigenvalue weighted by molar-refractivity contribution is 5.55. The number of rotatable bonds is 3. The first-order chi connectivity index (χ1) is 9.52. The Bertz CT molecular complexity index is 725. The predicted octanol–water partition coefficient (Wildman–Crippen LogP) is 3.10. The SMILES string of the molecule is Cc1ccc(Oc2nccc(C#N)c2[N+](=O)[O-])cc1F. The lowest BCUT2D eigenvalue weighted by Gasteiger charge is -2.06. The van der Waals surface area contributed by atoms with Crippen molar-refractivity contribution in [2.75, 3.05) is 0 Å². The number of nitrogens with zero attached hydrogens (tertiary/aromatic N) is 3. The zero-order valence-electron chi connectivity index (χ0n) is 10.3. The Morgan fingerprint density at radius 1 is 1.45 bits per heavy atom. The van der Waals surface area contributed by atoms with Crippen LogP contribution in [0.15, 0.2) is 30.5 Å². The van der Waals surface area contributed by atoms with Crippen LogP contribution in [0.3, 0.4) is 0 Å². The molecule has 1 aromatic carbocycles. The fourth-order valence-electron chi connectivity index (χ4n) is 1.52. The number of aryl methyl sites for hydroxylation is 1. The number of benzene rings is 1. The van der Waals surface area contributed by atoms with Crippen molar-refractivity contribution in [1.82, 2.24) is 4.98 Å². The molecule has 1 aromatic heterocycles. The van der Waals surface area contributed by atoms with Crippen LogP contribution in [0.5, 0.6) is 11.6 Å². The van der Waals surface area contributed by atoms with Gasteiger partial charge in [-0.3, -0.25) is 10.1 Å². The Morgan fingerprint density at radius 3 is 2.80 bits per heavy atom. The van der Waals surface area contributed by atoms with Crippen molar-refractivity contribution in [3.8, 4) is 17.7 Å². The largest absolute Gasteiger partial charge is 0.434 e. The van der Waals surface area contributed by atoms with Gasteiger partial charge in [-0.2, -0.15) is 5.26 Å². The summed E-state index contributed by atoms with van der Waals surface area (Å²) >= 11 is 0. The van der Waals surface area contributed by atoms with Crippen LogP contribution in [0.2, 0.25) is 0 Å². The van der Waals surface area contributed by atoms with Gasteiger partial charge in [-0.15, -0.1) is 0 Å². The summed E-state index contributed by atoms with van der Waals surface area (Å²) in [6, 6.07) is 6.93. The predicted molar refractivity (Wildman–Crippen MR) is 66.8 cm³/mol. The summed E-state index contributed by atoms with van der Waals surface area (Å²) < 4.78 is 18.6. The van der Waals surface area contributed by atoms with Crippen molar-refractivity contribution in [2.24, 2.45) is 0 Å². The smallest absolute Gasteiger partial charge is 0.348 e. The van der Waals surface area contributed by atoms with Crippen LogP contribution in [0.25, 0.3) is 0 Å². The third-order valence-electron chi connectivity index (χ3n) is 2.55. The molecule has 0 aliphatic carbocycles. The molecule has 0 atom stereocenters. The van der Waals surface area contributed by atoms with Crippen molar-refractivity contribution < 1.29 is 14.1 Å². The zero-order chi connectivity index (χ0) is 14.7. The molecule has 0 bridgehead atoms. The van der Waals surface area contributed by atoms with E-state index in [-0.39, 0.29) is 17.2 Å². The number of aromatic nitrogens is 1. The van der Waals surface area contributed by atoms with Gasteiger partial charge in [-0.05, 0) is 24.6 Å². The van der Waals surface area contributed by atoms with Crippen molar-refractivity contribution in [1.29, 1.82) is 5.26 Å². The Morgan fingerprint density at radius 2 is 2.20 bits per heavy atom. The molecule has 20 heavy (non-hydrogen) atoms. The Balaban J connectivity index is 2.46. The number of ether oxygens (including phenoxy) is 1. The molecule has 1 heterocycles. The van der Waals surface area contributed by atoms with Crippen LogP contribution in [0.4, 0.5) is 10.1 Å². The van der Waals surface area contributed by atoms with Gasteiger partial charge in [0.2, 0.25) is 0 Å². The van der Waals surface area contributed by atoms with E-state index in [0.29, 0.717) is 5.56 Å². The zero-order valence-corrected chi connectivity index (χ0v) is 10.3. The van der Waals surface area contributed by atoms with Gasteiger partial charge in [-0.25, -0.2) is 9.37 Å². The first kappa shape index (κ1) is 13.4. The van der Waals surface area contributed by atoms with Gasteiger partial charge in [0.1, 0.15) is 23.2 Å². The minimum absolute atomic E-state index is 0.0683. The van der Waals surface area contributed by atoms with Gasteiger partial charge in [0.15, 0.2) is 0 Å². The summed E-state index contributed by atoms with van der Waals surface area (Å²) in [4.78, 5) is 13.9. The molecule has 2 rings (SSSR count). The molecule has 0 radical (unpaired) electrons. The first-order valence-electron chi connectivity index (χ1n) is 5.50. The highest BCUT2D eigenvalue weighted by Crippen LogP contribution is 2.32. The number of hydrogen-bond donors (Lipinski definition) is 0. The van der Waals surface area contributed by atoms with Gasteiger partial charge in [0.25, 0.3) is 0 Å². The lowest BCUT2D eigenvalue weighted by atomic mass is 10.2. The Labute approximate surface area is 113 Å². The molecule has 0 saturated carbocycles. The van der Waals surface area contributed by atoms with E-state index in [1.165, 1.54) is 24.4 Å². The van der Waals surface area contributed by atoms with Crippen molar-refractivity contribution >= 4 is 5.69 Å². The standard InChI is InChI=1S/C13H8FN3O3/c1-8-2-3-10(6-11(8)14)20-13-12(17(18)19)9(7-15)4-5-16-13/h2-6H,1H3. The summed E-state index contributed by atoms with van der Waals surface area (Å²) in [5.74, 6) is -0.780. The van der Waals surface area contributed by atoms with Gasteiger partial charge in [0.05, 0.1) is 4.92 Å². The van der Waals surface area contributed by atoms with Gasteiger partial charge in [0, 0.05) is 12.3 Å². The summed E-state index contributed by atoms with van der Waals surface area (Å²) in [5, 5.41) is 19.8. The summed E-state index contributed by atoms with van der Waals surface area (Å²) in [5.41, 5.74) is -0.297. The number of halogens is 1. The highest BCUT2D eigenvalue weighted by atomic mass is 19.1. The molecule has 2 aromatic rings. The van der Waals surface area contributed by atoms with Crippen LogP contribution in [0, 0.1) is 34.2 Å². The molecule has 0 spiro atoms. The van der Waals surface area contributed by atoms with Crippen molar-refractivity contribution in [2.45, 2.75) is 6.92 Å². The molecular weight excluding hydrogens is 265 g/mol. The average Bonchev–Trinajstić information content (AvgIpc) is 2.42. The molecule has 6 nitrogen and oxygen atoms in total. The van der Waals surface area contributed by atoms with Gasteiger partial charge >= 0.3 is 11.6 Å². The number of nitro groups is 1. The van der Waals surface area contributed by atoms with E-state index in [1.54, 1.807) is 13.0 Å². The summed E-state index contributed by atoms with van der Waals surface area (Å²) in [6.07, 6.45) is 1.21. The average molecular weight is 273 g/mol. The van der Waals surface area contributed by atoms with E-state index >= 15 is 0 Å². The minimum atomic E-state index is -0.758. The third kappa shape index (κ3) is 2.54. The maximum atomic E-state index is 13.4. The molecule has 100 valence electrons. The summed E-state index contributed by atoms with van der Waals surface area (Å²) in [6.45, 7) is 1.58. The van der Waals surface area contributed by atoms with E-state index in [0.717, 1.165) is 6.07 Å². The van der Waals surface area contributed by atoms with Crippen molar-refractivity contribution in [3.63, 3.8) is 0 Å². The lowest BCUT2D eigenvalue weighted by Crippen LogP contribution is -1.99. The highest BCUT2D eigenvalue weighted by Gasteiger charge is 2.23. The quantitative estimate of drug-likeness (QED) is 0.633. The van der Waals surface area contributed by atoms with E-state index in [1.807, 2.05) is 0 Å². The second kappa shape index (κ2) is 5.32. The maximum Gasteiger partial charge on any atom is 0.348 e. The van der Waals surface area contributed by atoms with Crippen LogP contribution in [0.1, 0.15) is 11.1 Å². The first-order valence-corrected chi connectivity index (χ1v) is 5.50. The Hall–Kier alpha value is -3.01. The van der Waals surface area contributed by atoms with Crippen LogP contribution in [-0.2, 0) is 0 Å². The van der Waals surface area contributed by atoms with E-state index in [4.69, 9.17) is 10.00 Å². The third-order valence-corrected chi connectivity index (χ3v) is 2.55. The fourth-order valence-corrected chi connectivity index (χ4v) is 1.52. The van der Waals surface area contributed by atoms with Gasteiger partial charge < -0.3 is 4.74 Å². The van der Waals surface area contributed by atoms with Gasteiger partial charge in [-0.1, -0.05) is 6.07 Å². The summed E-state index contributed by atoms with van der Waals surface area (Å²) in [7, 11) is 0. The molecule has 0 fully saturated rings. The number of nitriles is 1. The molecule has 0 unspecified atom stereocenters. The Kier molecular flexibility index (Phi) is 3.57. The van der Waals surface area contributed by atoms with E-state index in [9.17, 15) is 14.5 Å². The fraction of sp³-hybridized carbons (Fsp3) is 0.0769. The topological polar surface area (TPSA) is 89.0 Å².